The summed E-state index contributed by atoms with van der Waals surface area (Å²) in [5.41, 5.74) is 0.997. The quantitative estimate of drug-likeness (QED) is 0.584. The fourth-order valence-electron chi connectivity index (χ4n) is 4.33. The lowest BCUT2D eigenvalue weighted by atomic mass is 9.96. The van der Waals surface area contributed by atoms with Crippen molar-refractivity contribution in [1.29, 1.82) is 0 Å². The second-order valence-corrected chi connectivity index (χ2v) is 8.25. The molecule has 0 amide bonds. The van der Waals surface area contributed by atoms with E-state index in [2.05, 4.69) is 25.6 Å². The average Bonchev–Trinajstić information content (AvgIpc) is 3.24. The van der Waals surface area contributed by atoms with Gasteiger partial charge in [-0.2, -0.15) is 9.97 Å². The van der Waals surface area contributed by atoms with Crippen LogP contribution in [0.25, 0.3) is 16.9 Å². The Labute approximate surface area is 189 Å². The van der Waals surface area contributed by atoms with Crippen LogP contribution in [-0.2, 0) is 4.74 Å². The standard InChI is InChI=1S/C22H26F3N7O/c23-15-13-26-6-5-14(15)12-27-22-29-18(31-7-9-33-10-8-31)11-19(30-22)32-17-4-2-1-3-16(17)28-21(32)20(24)25/h1-4,11,14-15,20,26H,5-10,12-13H2,(H,27,29,30). The molecule has 3 aromatic rings. The summed E-state index contributed by atoms with van der Waals surface area (Å²) in [6, 6.07) is 8.66. The number of ether oxygens (including phenoxy) is 1. The number of nitrogens with one attached hydrogen (secondary N) is 2. The number of anilines is 2. The molecule has 0 radical (unpaired) electrons. The van der Waals surface area contributed by atoms with Crippen LogP contribution in [0.3, 0.4) is 0 Å². The zero-order valence-electron chi connectivity index (χ0n) is 18.1. The van der Waals surface area contributed by atoms with E-state index >= 15 is 0 Å². The Morgan fingerprint density at radius 2 is 1.91 bits per heavy atom. The monoisotopic (exact) mass is 461 g/mol. The van der Waals surface area contributed by atoms with Gasteiger partial charge in [-0.25, -0.2) is 18.2 Å². The second kappa shape index (κ2) is 9.52. The molecule has 1 aromatic carbocycles. The highest BCUT2D eigenvalue weighted by Gasteiger charge is 2.26. The largest absolute Gasteiger partial charge is 0.378 e. The molecule has 8 nitrogen and oxygen atoms in total. The molecule has 0 spiro atoms. The first kappa shape index (κ1) is 21.9. The third kappa shape index (κ3) is 4.60. The van der Waals surface area contributed by atoms with Crippen LogP contribution in [0.15, 0.2) is 30.3 Å². The van der Waals surface area contributed by atoms with Gasteiger partial charge < -0.3 is 20.3 Å². The molecule has 176 valence electrons. The molecule has 11 heteroatoms. The Balaban J connectivity index is 1.54. The van der Waals surface area contributed by atoms with E-state index in [1.165, 1.54) is 4.57 Å². The minimum atomic E-state index is -2.78. The van der Waals surface area contributed by atoms with Gasteiger partial charge in [0, 0.05) is 38.2 Å². The first-order valence-electron chi connectivity index (χ1n) is 11.2. The van der Waals surface area contributed by atoms with Gasteiger partial charge in [-0.05, 0) is 25.1 Å². The van der Waals surface area contributed by atoms with Crippen LogP contribution in [0.4, 0.5) is 24.9 Å². The highest BCUT2D eigenvalue weighted by Crippen LogP contribution is 2.29. The summed E-state index contributed by atoms with van der Waals surface area (Å²) in [7, 11) is 0. The molecule has 5 rings (SSSR count). The number of benzene rings is 1. The van der Waals surface area contributed by atoms with Gasteiger partial charge in [0.25, 0.3) is 6.43 Å². The van der Waals surface area contributed by atoms with Gasteiger partial charge in [0.1, 0.15) is 17.8 Å². The molecule has 0 saturated carbocycles. The van der Waals surface area contributed by atoms with E-state index in [1.54, 1.807) is 30.3 Å². The van der Waals surface area contributed by atoms with Gasteiger partial charge in [0.2, 0.25) is 5.95 Å². The van der Waals surface area contributed by atoms with E-state index in [1.807, 2.05) is 4.90 Å². The highest BCUT2D eigenvalue weighted by molar-refractivity contribution is 5.78. The maximum Gasteiger partial charge on any atom is 0.296 e. The number of imidazole rings is 1. The van der Waals surface area contributed by atoms with E-state index in [0.717, 1.165) is 6.54 Å². The number of piperidine rings is 1. The first-order chi connectivity index (χ1) is 16.1. The van der Waals surface area contributed by atoms with Crippen LogP contribution >= 0.6 is 0 Å². The lowest BCUT2D eigenvalue weighted by molar-refractivity contribution is 0.122. The van der Waals surface area contributed by atoms with E-state index in [9.17, 15) is 13.2 Å². The summed E-state index contributed by atoms with van der Waals surface area (Å²) in [4.78, 5) is 15.3. The number of alkyl halides is 3. The number of halogens is 3. The van der Waals surface area contributed by atoms with Crippen molar-refractivity contribution in [2.45, 2.75) is 19.0 Å². The summed E-state index contributed by atoms with van der Waals surface area (Å²) >= 11 is 0. The van der Waals surface area contributed by atoms with Crippen molar-refractivity contribution in [1.82, 2.24) is 24.8 Å². The Morgan fingerprint density at radius 1 is 1.12 bits per heavy atom. The number of para-hydroxylation sites is 2. The number of fused-ring (bicyclic) bond motifs is 1. The van der Waals surface area contributed by atoms with E-state index in [0.29, 0.717) is 68.5 Å². The van der Waals surface area contributed by atoms with Gasteiger partial charge in [0.05, 0.1) is 24.2 Å². The summed E-state index contributed by atoms with van der Waals surface area (Å²) < 4.78 is 48.9. The maximum atomic E-state index is 14.3. The zero-order chi connectivity index (χ0) is 22.8. The smallest absolute Gasteiger partial charge is 0.296 e. The summed E-state index contributed by atoms with van der Waals surface area (Å²) in [5.74, 6) is 0.621. The fourth-order valence-corrected chi connectivity index (χ4v) is 4.33. The van der Waals surface area contributed by atoms with E-state index < -0.39 is 12.6 Å². The van der Waals surface area contributed by atoms with Crippen LogP contribution < -0.4 is 15.5 Å². The summed E-state index contributed by atoms with van der Waals surface area (Å²) in [6.07, 6.45) is -3.04. The van der Waals surface area contributed by atoms with Gasteiger partial charge in [0.15, 0.2) is 5.82 Å². The van der Waals surface area contributed by atoms with E-state index in [-0.39, 0.29) is 17.7 Å². The molecule has 33 heavy (non-hydrogen) atoms. The Bertz CT molecular complexity index is 1100. The SMILES string of the molecule is FC(F)c1nc2ccccc2n1-c1cc(N2CCOCC2)nc(NCC2CCNCC2F)n1. The third-order valence-electron chi connectivity index (χ3n) is 6.11. The van der Waals surface area contributed by atoms with Crippen molar-refractivity contribution < 1.29 is 17.9 Å². The fraction of sp³-hybridized carbons (Fsp3) is 0.500. The molecule has 2 aromatic heterocycles. The van der Waals surface area contributed by atoms with Crippen LogP contribution in [0.2, 0.25) is 0 Å². The molecule has 2 N–H and O–H groups in total. The van der Waals surface area contributed by atoms with Crippen LogP contribution in [0.1, 0.15) is 18.7 Å². The zero-order valence-corrected chi connectivity index (χ0v) is 18.1. The molecular formula is C22H26F3N7O. The van der Waals surface area contributed by atoms with Crippen molar-refractivity contribution >= 4 is 22.8 Å². The van der Waals surface area contributed by atoms with E-state index in [4.69, 9.17) is 4.74 Å². The molecule has 4 heterocycles. The number of rotatable bonds is 6. The number of aromatic nitrogens is 4. The van der Waals surface area contributed by atoms with Gasteiger partial charge in [-0.1, -0.05) is 12.1 Å². The first-order valence-corrected chi connectivity index (χ1v) is 11.2. The number of hydrogen-bond donors (Lipinski definition) is 2. The van der Waals surface area contributed by atoms with Gasteiger partial charge in [-0.15, -0.1) is 0 Å². The van der Waals surface area contributed by atoms with Crippen molar-refractivity contribution in [2.24, 2.45) is 5.92 Å². The number of morpholine rings is 1. The third-order valence-corrected chi connectivity index (χ3v) is 6.11. The average molecular weight is 461 g/mol. The molecule has 2 unspecified atom stereocenters. The van der Waals surface area contributed by atoms with Crippen molar-refractivity contribution in [3.05, 3.63) is 36.2 Å². The molecule has 2 fully saturated rings. The van der Waals surface area contributed by atoms with Gasteiger partial charge >= 0.3 is 0 Å². The molecule has 0 aliphatic carbocycles. The molecule has 2 saturated heterocycles. The summed E-state index contributed by atoms with van der Waals surface area (Å²) in [5, 5.41) is 6.20. The van der Waals surface area contributed by atoms with Crippen LogP contribution in [-0.4, -0.2) is 71.6 Å². The Kier molecular flexibility index (Phi) is 6.32. The topological polar surface area (TPSA) is 80.1 Å². The minimum absolute atomic E-state index is 0.170. The minimum Gasteiger partial charge on any atom is -0.378 e. The molecule has 2 aliphatic rings. The molecule has 0 bridgehead atoms. The predicted octanol–water partition coefficient (Wildman–Crippen LogP) is 2.95. The number of nitrogens with zero attached hydrogens (tertiary/aromatic N) is 5. The maximum absolute atomic E-state index is 14.3. The lowest BCUT2D eigenvalue weighted by Gasteiger charge is -2.29. The van der Waals surface area contributed by atoms with Crippen LogP contribution in [0, 0.1) is 5.92 Å². The second-order valence-electron chi connectivity index (χ2n) is 8.25. The van der Waals surface area contributed by atoms with Gasteiger partial charge in [-0.3, -0.25) is 4.57 Å². The highest BCUT2D eigenvalue weighted by atomic mass is 19.3. The van der Waals surface area contributed by atoms with Crippen LogP contribution in [0.5, 0.6) is 0 Å². The summed E-state index contributed by atoms with van der Waals surface area (Å²) in [6.45, 7) is 3.80. The van der Waals surface area contributed by atoms with Crippen molar-refractivity contribution in [3.63, 3.8) is 0 Å². The molecular weight excluding hydrogens is 435 g/mol. The predicted molar refractivity (Wildman–Crippen MR) is 119 cm³/mol. The normalized spacial score (nSPS) is 21.6. The lowest BCUT2D eigenvalue weighted by Crippen LogP contribution is -2.41. The Morgan fingerprint density at radius 3 is 2.70 bits per heavy atom. The molecule has 2 aliphatic heterocycles. The Hall–Kier alpha value is -2.92. The number of hydrogen-bond acceptors (Lipinski definition) is 7. The molecule has 2 atom stereocenters. The van der Waals surface area contributed by atoms with Crippen molar-refractivity contribution in [2.75, 3.05) is 56.2 Å². The van der Waals surface area contributed by atoms with Crippen molar-refractivity contribution in [3.8, 4) is 5.82 Å².